The minimum Gasteiger partial charge on any atom is -0.409 e. The summed E-state index contributed by atoms with van der Waals surface area (Å²) in [7, 11) is -3.72. The molecule has 108 valence electrons. The van der Waals surface area contributed by atoms with Crippen LogP contribution in [0, 0.1) is 13.8 Å². The van der Waals surface area contributed by atoms with Crippen LogP contribution in [0.15, 0.2) is 10.1 Å². The van der Waals surface area contributed by atoms with E-state index < -0.39 is 10.0 Å². The van der Waals surface area contributed by atoms with Crippen LogP contribution in [0.3, 0.4) is 0 Å². The Morgan fingerprint density at radius 3 is 2.58 bits per heavy atom. The van der Waals surface area contributed by atoms with E-state index in [0.717, 1.165) is 0 Å². The van der Waals surface area contributed by atoms with Gasteiger partial charge in [-0.05, 0) is 20.3 Å². The van der Waals surface area contributed by atoms with Crippen molar-refractivity contribution in [2.45, 2.75) is 32.1 Å². The molecular weight excluding hydrogens is 270 g/mol. The van der Waals surface area contributed by atoms with Gasteiger partial charge in [-0.15, -0.1) is 0 Å². The van der Waals surface area contributed by atoms with Crippen LogP contribution < -0.4 is 5.73 Å². The third-order valence-electron chi connectivity index (χ3n) is 2.60. The van der Waals surface area contributed by atoms with Crippen molar-refractivity contribution in [3.63, 3.8) is 0 Å². The summed E-state index contributed by atoms with van der Waals surface area (Å²) in [6.07, 6.45) is 0.619. The molecule has 1 aromatic heterocycles. The van der Waals surface area contributed by atoms with Crippen molar-refractivity contribution in [3.05, 3.63) is 11.4 Å². The zero-order valence-corrected chi connectivity index (χ0v) is 12.0. The third kappa shape index (κ3) is 3.24. The molecule has 0 saturated heterocycles. The number of H-pyrrole nitrogens is 1. The Morgan fingerprint density at radius 1 is 1.53 bits per heavy atom. The van der Waals surface area contributed by atoms with Crippen molar-refractivity contribution in [3.8, 4) is 0 Å². The highest BCUT2D eigenvalue weighted by atomic mass is 32.2. The van der Waals surface area contributed by atoms with Gasteiger partial charge < -0.3 is 10.9 Å². The first kappa shape index (κ1) is 15.4. The Hall–Kier alpha value is -1.61. The molecule has 0 unspecified atom stereocenters. The molecular formula is C10H19N5O3S. The Bertz CT molecular complexity index is 544. The number of hydrogen-bond acceptors (Lipinski definition) is 5. The van der Waals surface area contributed by atoms with Crippen LogP contribution in [0.4, 0.5) is 0 Å². The standard InChI is InChI=1S/C10H19N5O3S/c1-4-5-15(6-9(11)14-16)19(17,18)10-7(2)12-13-8(10)3/h16H,4-6H2,1-3H3,(H2,11,14)(H,12,13). The van der Waals surface area contributed by atoms with Crippen LogP contribution in [0.1, 0.15) is 24.7 Å². The number of aryl methyl sites for hydroxylation is 2. The van der Waals surface area contributed by atoms with Crippen molar-refractivity contribution in [2.24, 2.45) is 10.9 Å². The van der Waals surface area contributed by atoms with Crippen molar-refractivity contribution in [1.29, 1.82) is 0 Å². The molecule has 19 heavy (non-hydrogen) atoms. The molecule has 0 fully saturated rings. The molecule has 0 radical (unpaired) electrons. The van der Waals surface area contributed by atoms with Crippen LogP contribution >= 0.6 is 0 Å². The molecule has 1 aromatic rings. The second kappa shape index (κ2) is 6.02. The lowest BCUT2D eigenvalue weighted by molar-refractivity contribution is 0.314. The average molecular weight is 289 g/mol. The maximum absolute atomic E-state index is 12.6. The van der Waals surface area contributed by atoms with Crippen LogP contribution in [0.5, 0.6) is 0 Å². The summed E-state index contributed by atoms with van der Waals surface area (Å²) >= 11 is 0. The molecule has 0 spiro atoms. The smallest absolute Gasteiger partial charge is 0.247 e. The van der Waals surface area contributed by atoms with Crippen LogP contribution in [-0.4, -0.2) is 47.1 Å². The van der Waals surface area contributed by atoms with Gasteiger partial charge in [0.2, 0.25) is 10.0 Å². The van der Waals surface area contributed by atoms with E-state index in [1.807, 2.05) is 6.92 Å². The molecule has 0 aromatic carbocycles. The summed E-state index contributed by atoms with van der Waals surface area (Å²) < 4.78 is 26.3. The van der Waals surface area contributed by atoms with E-state index in [1.54, 1.807) is 13.8 Å². The summed E-state index contributed by atoms with van der Waals surface area (Å²) in [5, 5.41) is 17.9. The normalized spacial score (nSPS) is 13.2. The van der Waals surface area contributed by atoms with Gasteiger partial charge in [-0.1, -0.05) is 12.1 Å². The molecule has 4 N–H and O–H groups in total. The second-order valence-electron chi connectivity index (χ2n) is 4.19. The number of aromatic amines is 1. The monoisotopic (exact) mass is 289 g/mol. The number of oxime groups is 1. The van der Waals surface area contributed by atoms with E-state index in [0.29, 0.717) is 17.8 Å². The predicted octanol–water partition coefficient (Wildman–Crippen LogP) is 0.174. The van der Waals surface area contributed by atoms with Gasteiger partial charge in [0.05, 0.1) is 17.9 Å². The Kier molecular flexibility index (Phi) is 4.90. The number of nitrogens with two attached hydrogens (primary N) is 1. The van der Waals surface area contributed by atoms with E-state index in [4.69, 9.17) is 10.9 Å². The zero-order chi connectivity index (χ0) is 14.6. The van der Waals surface area contributed by atoms with Gasteiger partial charge in [0.1, 0.15) is 4.90 Å². The maximum Gasteiger partial charge on any atom is 0.247 e. The van der Waals surface area contributed by atoms with Crippen molar-refractivity contribution in [1.82, 2.24) is 14.5 Å². The largest absolute Gasteiger partial charge is 0.409 e. The zero-order valence-electron chi connectivity index (χ0n) is 11.2. The van der Waals surface area contributed by atoms with Gasteiger partial charge in [0.15, 0.2) is 5.84 Å². The lowest BCUT2D eigenvalue weighted by Gasteiger charge is -2.20. The van der Waals surface area contributed by atoms with E-state index in [2.05, 4.69) is 15.4 Å². The lowest BCUT2D eigenvalue weighted by Crippen LogP contribution is -2.39. The fraction of sp³-hybridized carbons (Fsp3) is 0.600. The molecule has 1 heterocycles. The van der Waals surface area contributed by atoms with E-state index in [9.17, 15) is 8.42 Å². The fourth-order valence-electron chi connectivity index (χ4n) is 1.80. The molecule has 1 rings (SSSR count). The van der Waals surface area contributed by atoms with Gasteiger partial charge in [0.25, 0.3) is 0 Å². The lowest BCUT2D eigenvalue weighted by atomic mass is 10.4. The molecule has 0 atom stereocenters. The first-order chi connectivity index (χ1) is 8.84. The number of nitrogens with zero attached hydrogens (tertiary/aromatic N) is 3. The van der Waals surface area contributed by atoms with Gasteiger partial charge >= 0.3 is 0 Å². The minimum absolute atomic E-state index is 0.145. The quantitative estimate of drug-likeness (QED) is 0.298. The van der Waals surface area contributed by atoms with Crippen molar-refractivity contribution >= 4 is 15.9 Å². The van der Waals surface area contributed by atoms with Gasteiger partial charge in [-0.25, -0.2) is 8.42 Å². The molecule has 0 aliphatic carbocycles. The van der Waals surface area contributed by atoms with Crippen LogP contribution in [0.2, 0.25) is 0 Å². The topological polar surface area (TPSA) is 125 Å². The molecule has 0 saturated carbocycles. The maximum atomic E-state index is 12.6. The van der Waals surface area contributed by atoms with Gasteiger partial charge in [-0.2, -0.15) is 9.40 Å². The minimum atomic E-state index is -3.72. The Labute approximate surface area is 112 Å². The van der Waals surface area contributed by atoms with Crippen molar-refractivity contribution in [2.75, 3.05) is 13.1 Å². The third-order valence-corrected chi connectivity index (χ3v) is 4.71. The Morgan fingerprint density at radius 2 is 2.16 bits per heavy atom. The molecule has 9 heteroatoms. The van der Waals surface area contributed by atoms with Crippen LogP contribution in [0.25, 0.3) is 0 Å². The predicted molar refractivity (Wildman–Crippen MR) is 70.5 cm³/mol. The fourth-order valence-corrected chi connectivity index (χ4v) is 3.63. The summed E-state index contributed by atoms with van der Waals surface area (Å²) in [5.41, 5.74) is 6.27. The highest BCUT2D eigenvalue weighted by molar-refractivity contribution is 7.89. The summed E-state index contributed by atoms with van der Waals surface area (Å²) in [5.74, 6) is -0.157. The first-order valence-electron chi connectivity index (χ1n) is 5.82. The summed E-state index contributed by atoms with van der Waals surface area (Å²) in [4.78, 5) is 0.145. The molecule has 0 aliphatic heterocycles. The van der Waals surface area contributed by atoms with E-state index in [-0.39, 0.29) is 23.8 Å². The second-order valence-corrected chi connectivity index (χ2v) is 6.07. The molecule has 0 amide bonds. The number of hydrogen-bond donors (Lipinski definition) is 3. The number of sulfonamides is 1. The number of rotatable bonds is 6. The molecule has 0 bridgehead atoms. The van der Waals surface area contributed by atoms with Crippen molar-refractivity contribution < 1.29 is 13.6 Å². The highest BCUT2D eigenvalue weighted by Gasteiger charge is 2.29. The van der Waals surface area contributed by atoms with E-state index in [1.165, 1.54) is 4.31 Å². The molecule has 0 aliphatic rings. The van der Waals surface area contributed by atoms with E-state index >= 15 is 0 Å². The van der Waals surface area contributed by atoms with Gasteiger partial charge in [0, 0.05) is 6.54 Å². The van der Waals surface area contributed by atoms with Gasteiger partial charge in [-0.3, -0.25) is 5.10 Å². The highest BCUT2D eigenvalue weighted by Crippen LogP contribution is 2.21. The number of amidine groups is 1. The van der Waals surface area contributed by atoms with Crippen LogP contribution in [-0.2, 0) is 10.0 Å². The molecule has 8 nitrogen and oxygen atoms in total. The first-order valence-corrected chi connectivity index (χ1v) is 7.26. The Balaban J connectivity index is 3.20. The number of aromatic nitrogens is 2. The summed E-state index contributed by atoms with van der Waals surface area (Å²) in [6.45, 7) is 5.23. The summed E-state index contributed by atoms with van der Waals surface area (Å²) in [6, 6.07) is 0. The number of nitrogens with one attached hydrogen (secondary N) is 1. The average Bonchev–Trinajstić information content (AvgIpc) is 2.68. The SMILES string of the molecule is CCCN(CC(N)=NO)S(=O)(=O)c1c(C)n[nH]c1C.